The zero-order valence-corrected chi connectivity index (χ0v) is 7.75. The van der Waals surface area contributed by atoms with Gasteiger partial charge < -0.3 is 24.8 Å². The molecule has 1 saturated heterocycles. The fraction of sp³-hybridized carbons (Fsp3) is 1.00. The van der Waals surface area contributed by atoms with E-state index in [0.717, 1.165) is 0 Å². The lowest BCUT2D eigenvalue weighted by molar-refractivity contribution is -0.0877. The summed E-state index contributed by atoms with van der Waals surface area (Å²) in [4.78, 5) is 0. The van der Waals surface area contributed by atoms with Crippen molar-refractivity contribution in [2.24, 2.45) is 0 Å². The average molecular weight is 192 g/mol. The van der Waals surface area contributed by atoms with Crippen LogP contribution in [0.25, 0.3) is 0 Å². The summed E-state index contributed by atoms with van der Waals surface area (Å²) in [5.74, 6) is 0. The largest absolute Gasteiger partial charge is 0.394 e. The smallest absolute Gasteiger partial charge is 0.115 e. The lowest BCUT2D eigenvalue weighted by Crippen LogP contribution is -2.41. The lowest BCUT2D eigenvalue weighted by Gasteiger charge is -2.21. The second-order valence-electron chi connectivity index (χ2n) is 3.25. The predicted octanol–water partition coefficient (Wildman–Crippen LogP) is -1.50. The maximum atomic E-state index is 9.53. The molecule has 0 amide bonds. The van der Waals surface area contributed by atoms with Gasteiger partial charge in [0.25, 0.3) is 0 Å². The molecule has 0 bridgehead atoms. The van der Waals surface area contributed by atoms with Crippen molar-refractivity contribution >= 4 is 0 Å². The Balaban J connectivity index is 2.64. The van der Waals surface area contributed by atoms with Crippen LogP contribution in [-0.4, -0.2) is 59.6 Å². The Morgan fingerprint density at radius 2 is 2.15 bits per heavy atom. The van der Waals surface area contributed by atoms with E-state index in [-0.39, 0.29) is 6.10 Å². The quantitative estimate of drug-likeness (QED) is 0.507. The summed E-state index contributed by atoms with van der Waals surface area (Å²) in [5.41, 5.74) is 0. The van der Waals surface area contributed by atoms with Crippen LogP contribution in [0.2, 0.25) is 0 Å². The molecule has 1 aliphatic rings. The molecule has 0 spiro atoms. The second kappa shape index (κ2) is 4.34. The van der Waals surface area contributed by atoms with Crippen LogP contribution in [0.3, 0.4) is 0 Å². The Morgan fingerprint density at radius 1 is 1.54 bits per heavy atom. The first-order valence-electron chi connectivity index (χ1n) is 4.27. The summed E-state index contributed by atoms with van der Waals surface area (Å²) in [6.07, 6.45) is -3.37. The van der Waals surface area contributed by atoms with Gasteiger partial charge in [0.1, 0.15) is 24.4 Å². The highest BCUT2D eigenvalue weighted by Crippen LogP contribution is 2.25. The van der Waals surface area contributed by atoms with Gasteiger partial charge in [0.2, 0.25) is 0 Å². The van der Waals surface area contributed by atoms with Crippen molar-refractivity contribution in [1.82, 2.24) is 0 Å². The molecule has 1 aliphatic heterocycles. The molecule has 78 valence electrons. The number of hydrogen-bond donors (Lipinski definition) is 3. The molecule has 0 aromatic rings. The van der Waals surface area contributed by atoms with E-state index < -0.39 is 31.0 Å². The Bertz CT molecular complexity index is 163. The van der Waals surface area contributed by atoms with Crippen molar-refractivity contribution in [3.05, 3.63) is 0 Å². The van der Waals surface area contributed by atoms with E-state index in [1.807, 2.05) is 0 Å². The average Bonchev–Trinajstić information content (AvgIpc) is 2.42. The molecule has 1 fully saturated rings. The molecule has 13 heavy (non-hydrogen) atoms. The summed E-state index contributed by atoms with van der Waals surface area (Å²) in [7, 11) is 1.44. The highest BCUT2D eigenvalue weighted by molar-refractivity contribution is 4.92. The molecule has 1 heterocycles. The number of hydrogen-bond acceptors (Lipinski definition) is 5. The second-order valence-corrected chi connectivity index (χ2v) is 3.25. The van der Waals surface area contributed by atoms with Crippen LogP contribution in [0, 0.1) is 0 Å². The van der Waals surface area contributed by atoms with Gasteiger partial charge in [-0.05, 0) is 6.92 Å². The summed E-state index contributed by atoms with van der Waals surface area (Å²) < 4.78 is 10.2. The maximum absolute atomic E-state index is 9.53. The van der Waals surface area contributed by atoms with Gasteiger partial charge in [-0.15, -0.1) is 0 Å². The van der Waals surface area contributed by atoms with Gasteiger partial charge in [0.05, 0.1) is 12.7 Å². The minimum absolute atomic E-state index is 0.379. The van der Waals surface area contributed by atoms with Crippen molar-refractivity contribution < 1.29 is 24.8 Å². The zero-order valence-electron chi connectivity index (χ0n) is 7.75. The molecule has 0 aliphatic carbocycles. The topological polar surface area (TPSA) is 79.2 Å². The number of aliphatic hydroxyl groups is 3. The molecule has 0 saturated carbocycles. The monoisotopic (exact) mass is 192 g/mol. The summed E-state index contributed by atoms with van der Waals surface area (Å²) >= 11 is 0. The minimum Gasteiger partial charge on any atom is -0.394 e. The number of ether oxygens (including phenoxy) is 2. The highest BCUT2D eigenvalue weighted by atomic mass is 16.6. The third-order valence-electron chi connectivity index (χ3n) is 2.35. The Labute approximate surface area is 76.9 Å². The summed E-state index contributed by atoms with van der Waals surface area (Å²) in [5, 5.41) is 27.6. The van der Waals surface area contributed by atoms with Crippen molar-refractivity contribution in [2.75, 3.05) is 13.7 Å². The number of methoxy groups -OCH3 is 1. The zero-order chi connectivity index (χ0) is 10.0. The van der Waals surface area contributed by atoms with Gasteiger partial charge in [-0.2, -0.15) is 0 Å². The molecule has 5 nitrogen and oxygen atoms in total. The Morgan fingerprint density at radius 3 is 2.62 bits per heavy atom. The van der Waals surface area contributed by atoms with Gasteiger partial charge in [0, 0.05) is 7.11 Å². The van der Waals surface area contributed by atoms with Crippen molar-refractivity contribution in [2.45, 2.75) is 37.4 Å². The summed E-state index contributed by atoms with van der Waals surface area (Å²) in [6, 6.07) is 0. The molecular weight excluding hydrogens is 176 g/mol. The molecule has 5 heteroatoms. The fourth-order valence-corrected chi connectivity index (χ4v) is 1.55. The lowest BCUT2D eigenvalue weighted by atomic mass is 10.0. The minimum atomic E-state index is -1.01. The molecule has 3 unspecified atom stereocenters. The number of rotatable bonds is 3. The third kappa shape index (κ3) is 2.00. The van der Waals surface area contributed by atoms with Crippen LogP contribution in [0.1, 0.15) is 6.92 Å². The summed E-state index contributed by atoms with van der Waals surface area (Å²) in [6.45, 7) is 1.30. The van der Waals surface area contributed by atoms with Crippen LogP contribution < -0.4 is 0 Å². The van der Waals surface area contributed by atoms with Gasteiger partial charge >= 0.3 is 0 Å². The van der Waals surface area contributed by atoms with Crippen molar-refractivity contribution in [3.8, 4) is 0 Å². The highest BCUT2D eigenvalue weighted by Gasteiger charge is 2.44. The maximum Gasteiger partial charge on any atom is 0.115 e. The van der Waals surface area contributed by atoms with E-state index in [4.69, 9.17) is 14.6 Å². The van der Waals surface area contributed by atoms with E-state index in [1.165, 1.54) is 7.11 Å². The first-order chi connectivity index (χ1) is 6.11. The molecule has 0 aromatic heterocycles. The SMILES string of the molecule is COC1C(O)C(C)O[C@H]1[C@H](O)CO. The molecule has 5 atom stereocenters. The number of aliphatic hydroxyl groups excluding tert-OH is 3. The Hall–Kier alpha value is -0.200. The first kappa shape index (κ1) is 10.9. The van der Waals surface area contributed by atoms with Crippen LogP contribution in [0.4, 0.5) is 0 Å². The van der Waals surface area contributed by atoms with Gasteiger partial charge in [-0.1, -0.05) is 0 Å². The predicted molar refractivity (Wildman–Crippen MR) is 44.2 cm³/mol. The van der Waals surface area contributed by atoms with E-state index in [9.17, 15) is 10.2 Å². The molecular formula is C8H16O5. The Kier molecular flexibility index (Phi) is 3.63. The van der Waals surface area contributed by atoms with Crippen LogP contribution in [-0.2, 0) is 9.47 Å². The van der Waals surface area contributed by atoms with Crippen LogP contribution in [0.15, 0.2) is 0 Å². The van der Waals surface area contributed by atoms with Crippen LogP contribution in [0.5, 0.6) is 0 Å². The van der Waals surface area contributed by atoms with Gasteiger partial charge in [-0.3, -0.25) is 0 Å². The van der Waals surface area contributed by atoms with Crippen LogP contribution >= 0.6 is 0 Å². The van der Waals surface area contributed by atoms with E-state index in [1.54, 1.807) is 6.92 Å². The fourth-order valence-electron chi connectivity index (χ4n) is 1.55. The molecule has 0 aromatic carbocycles. The van der Waals surface area contributed by atoms with E-state index in [0.29, 0.717) is 0 Å². The normalized spacial score (nSPS) is 42.2. The van der Waals surface area contributed by atoms with Gasteiger partial charge in [0.15, 0.2) is 0 Å². The third-order valence-corrected chi connectivity index (χ3v) is 2.35. The van der Waals surface area contributed by atoms with Gasteiger partial charge in [-0.25, -0.2) is 0 Å². The molecule has 0 radical (unpaired) electrons. The van der Waals surface area contributed by atoms with E-state index >= 15 is 0 Å². The van der Waals surface area contributed by atoms with Crippen molar-refractivity contribution in [1.29, 1.82) is 0 Å². The first-order valence-corrected chi connectivity index (χ1v) is 4.27. The standard InChI is InChI=1S/C8H16O5/c1-4-6(11)8(12-2)7(13-4)5(10)3-9/h4-11H,3H2,1-2H3/t4?,5-,6?,7+,8?/m1/s1. The van der Waals surface area contributed by atoms with E-state index in [2.05, 4.69) is 0 Å². The molecule has 1 rings (SSSR count). The molecule has 3 N–H and O–H groups in total. The van der Waals surface area contributed by atoms with Crippen molar-refractivity contribution in [3.63, 3.8) is 0 Å².